The lowest BCUT2D eigenvalue weighted by molar-refractivity contribution is -0.139. The highest BCUT2D eigenvalue weighted by molar-refractivity contribution is 5.78. The van der Waals surface area contributed by atoms with Gasteiger partial charge in [-0.2, -0.15) is 0 Å². The average molecular weight is 318 g/mol. The lowest BCUT2D eigenvalue weighted by Gasteiger charge is -2.33. The van der Waals surface area contributed by atoms with Gasteiger partial charge in [0.05, 0.1) is 6.42 Å². The van der Waals surface area contributed by atoms with Gasteiger partial charge in [0.2, 0.25) is 5.91 Å². The number of aromatic nitrogens is 1. The van der Waals surface area contributed by atoms with Crippen molar-refractivity contribution in [1.82, 2.24) is 10.3 Å². The van der Waals surface area contributed by atoms with E-state index in [4.69, 9.17) is 9.52 Å². The van der Waals surface area contributed by atoms with Gasteiger partial charge in [-0.25, -0.2) is 4.98 Å². The normalized spacial score (nSPS) is 13.9. The quantitative estimate of drug-likeness (QED) is 0.819. The molecule has 2 rings (SSSR count). The Morgan fingerprint density at radius 3 is 2.65 bits per heavy atom. The number of benzene rings is 1. The summed E-state index contributed by atoms with van der Waals surface area (Å²) in [6.45, 7) is 5.54. The molecule has 0 saturated heterocycles. The highest BCUT2D eigenvalue weighted by Crippen LogP contribution is 2.21. The Morgan fingerprint density at radius 1 is 1.35 bits per heavy atom. The first-order valence-corrected chi connectivity index (χ1v) is 7.67. The van der Waals surface area contributed by atoms with Crippen LogP contribution in [0.2, 0.25) is 0 Å². The second-order valence-electron chi connectivity index (χ2n) is 6.27. The van der Waals surface area contributed by atoms with E-state index in [9.17, 15) is 9.59 Å². The average Bonchev–Trinajstić information content (AvgIpc) is 2.86. The predicted octanol–water partition coefficient (Wildman–Crippen LogP) is 2.77. The summed E-state index contributed by atoms with van der Waals surface area (Å²) in [5.41, 5.74) is 0.686. The second kappa shape index (κ2) is 6.81. The number of oxazole rings is 1. The van der Waals surface area contributed by atoms with Crippen LogP contribution in [0.15, 0.2) is 28.7 Å². The molecule has 1 heterocycles. The van der Waals surface area contributed by atoms with Crippen molar-refractivity contribution in [3.8, 4) is 0 Å². The van der Waals surface area contributed by atoms with Crippen LogP contribution in [-0.2, 0) is 16.0 Å². The summed E-state index contributed by atoms with van der Waals surface area (Å²) < 4.78 is 5.58. The second-order valence-corrected chi connectivity index (χ2v) is 6.27. The van der Waals surface area contributed by atoms with Gasteiger partial charge in [-0.1, -0.05) is 26.0 Å². The molecular formula is C17H22N2O4. The summed E-state index contributed by atoms with van der Waals surface area (Å²) in [7, 11) is 0. The topological polar surface area (TPSA) is 92.4 Å². The van der Waals surface area contributed by atoms with Crippen LogP contribution in [0, 0.1) is 5.92 Å². The van der Waals surface area contributed by atoms with Gasteiger partial charge in [-0.15, -0.1) is 0 Å². The van der Waals surface area contributed by atoms with E-state index in [1.165, 1.54) is 0 Å². The molecule has 1 aromatic heterocycles. The van der Waals surface area contributed by atoms with Crippen LogP contribution < -0.4 is 5.32 Å². The number of aryl methyl sites for hydroxylation is 1. The van der Waals surface area contributed by atoms with Crippen LogP contribution in [0.4, 0.5) is 0 Å². The van der Waals surface area contributed by atoms with E-state index >= 15 is 0 Å². The van der Waals surface area contributed by atoms with Crippen molar-refractivity contribution in [2.45, 2.75) is 45.6 Å². The van der Waals surface area contributed by atoms with Gasteiger partial charge in [0, 0.05) is 18.4 Å². The molecule has 1 unspecified atom stereocenters. The molecule has 0 aliphatic heterocycles. The Balaban J connectivity index is 1.97. The van der Waals surface area contributed by atoms with Crippen LogP contribution in [0.25, 0.3) is 11.1 Å². The number of nitrogens with zero attached hydrogens (tertiary/aromatic N) is 1. The van der Waals surface area contributed by atoms with E-state index in [1.807, 2.05) is 38.1 Å². The maximum atomic E-state index is 12.2. The number of carbonyl (C=O) groups is 2. The number of hydrogen-bond acceptors (Lipinski definition) is 4. The van der Waals surface area contributed by atoms with E-state index in [1.54, 1.807) is 6.92 Å². The molecule has 1 amide bonds. The Labute approximate surface area is 134 Å². The predicted molar refractivity (Wildman–Crippen MR) is 86.0 cm³/mol. The molecule has 0 fully saturated rings. The van der Waals surface area contributed by atoms with Crippen LogP contribution in [0.1, 0.15) is 39.5 Å². The molecule has 0 aliphatic rings. The number of carboxylic acids is 1. The monoisotopic (exact) mass is 318 g/mol. The number of carbonyl (C=O) groups excluding carboxylic acids is 1. The molecule has 0 radical (unpaired) electrons. The maximum Gasteiger partial charge on any atom is 0.305 e. The molecule has 2 aromatic rings. The Morgan fingerprint density at radius 2 is 2.04 bits per heavy atom. The molecule has 6 heteroatoms. The molecule has 23 heavy (non-hydrogen) atoms. The summed E-state index contributed by atoms with van der Waals surface area (Å²) >= 11 is 0. The number of carboxylic acid groups (broad SMARTS) is 1. The van der Waals surface area contributed by atoms with Crippen molar-refractivity contribution in [1.29, 1.82) is 0 Å². The first-order valence-electron chi connectivity index (χ1n) is 7.67. The van der Waals surface area contributed by atoms with E-state index in [0.29, 0.717) is 17.9 Å². The van der Waals surface area contributed by atoms with Crippen molar-refractivity contribution in [2.75, 3.05) is 0 Å². The number of hydrogen-bond donors (Lipinski definition) is 2. The fourth-order valence-corrected chi connectivity index (χ4v) is 2.34. The van der Waals surface area contributed by atoms with Crippen LogP contribution >= 0.6 is 0 Å². The Kier molecular flexibility index (Phi) is 5.03. The fourth-order valence-electron chi connectivity index (χ4n) is 2.34. The van der Waals surface area contributed by atoms with E-state index in [2.05, 4.69) is 10.3 Å². The summed E-state index contributed by atoms with van der Waals surface area (Å²) in [6.07, 6.45) is 0.468. The highest BCUT2D eigenvalue weighted by Gasteiger charge is 2.32. The van der Waals surface area contributed by atoms with Crippen molar-refractivity contribution < 1.29 is 19.1 Å². The van der Waals surface area contributed by atoms with Gasteiger partial charge < -0.3 is 14.8 Å². The summed E-state index contributed by atoms with van der Waals surface area (Å²) in [5, 5.41) is 11.9. The molecule has 2 N–H and O–H groups in total. The van der Waals surface area contributed by atoms with Gasteiger partial charge in [-0.3, -0.25) is 9.59 Å². The molecule has 0 bridgehead atoms. The number of aliphatic carboxylic acids is 1. The van der Waals surface area contributed by atoms with E-state index in [0.717, 1.165) is 5.52 Å². The minimum absolute atomic E-state index is 0.00637. The highest BCUT2D eigenvalue weighted by atomic mass is 16.4. The van der Waals surface area contributed by atoms with Crippen LogP contribution in [-0.4, -0.2) is 27.5 Å². The number of para-hydroxylation sites is 2. The van der Waals surface area contributed by atoms with Gasteiger partial charge >= 0.3 is 5.97 Å². The fraction of sp³-hybridized carbons (Fsp3) is 0.471. The van der Waals surface area contributed by atoms with Gasteiger partial charge in [0.15, 0.2) is 11.5 Å². The largest absolute Gasteiger partial charge is 0.481 e. The van der Waals surface area contributed by atoms with Crippen LogP contribution in [0.3, 0.4) is 0 Å². The third-order valence-electron chi connectivity index (χ3n) is 4.12. The van der Waals surface area contributed by atoms with E-state index < -0.39 is 11.5 Å². The Bertz CT molecular complexity index is 674. The molecule has 124 valence electrons. The molecule has 0 saturated carbocycles. The van der Waals surface area contributed by atoms with Crippen molar-refractivity contribution in [3.63, 3.8) is 0 Å². The zero-order valence-electron chi connectivity index (χ0n) is 13.6. The summed E-state index contributed by atoms with van der Waals surface area (Å²) in [4.78, 5) is 27.5. The number of nitrogens with one attached hydrogen (secondary N) is 1. The third kappa shape index (κ3) is 4.31. The minimum atomic E-state index is -0.930. The summed E-state index contributed by atoms with van der Waals surface area (Å²) in [5.74, 6) is -0.622. The molecule has 1 aromatic carbocycles. The Hall–Kier alpha value is -2.37. The third-order valence-corrected chi connectivity index (χ3v) is 4.12. The van der Waals surface area contributed by atoms with Crippen molar-refractivity contribution in [3.05, 3.63) is 30.2 Å². The first-order chi connectivity index (χ1) is 10.8. The van der Waals surface area contributed by atoms with Crippen molar-refractivity contribution >= 4 is 23.0 Å². The number of rotatable bonds is 7. The van der Waals surface area contributed by atoms with Crippen molar-refractivity contribution in [2.24, 2.45) is 5.92 Å². The lowest BCUT2D eigenvalue weighted by atomic mass is 9.85. The zero-order valence-corrected chi connectivity index (χ0v) is 13.6. The number of amides is 1. The van der Waals surface area contributed by atoms with E-state index in [-0.39, 0.29) is 24.7 Å². The van der Waals surface area contributed by atoms with Crippen LogP contribution in [0.5, 0.6) is 0 Å². The molecule has 6 nitrogen and oxygen atoms in total. The molecular weight excluding hydrogens is 296 g/mol. The molecule has 0 spiro atoms. The zero-order chi connectivity index (χ0) is 17.0. The maximum absolute atomic E-state index is 12.2. The van der Waals surface area contributed by atoms with Gasteiger partial charge in [0.25, 0.3) is 0 Å². The lowest BCUT2D eigenvalue weighted by Crippen LogP contribution is -2.51. The molecule has 1 atom stereocenters. The standard InChI is InChI=1S/C17H22N2O4/c1-11(2)17(3,10-16(21)22)19-14(20)8-9-15-18-12-6-4-5-7-13(12)23-15/h4-7,11H,8-10H2,1-3H3,(H,19,20)(H,21,22). The number of fused-ring (bicyclic) bond motifs is 1. The van der Waals surface area contributed by atoms with Gasteiger partial charge in [0.1, 0.15) is 5.52 Å². The summed E-state index contributed by atoms with van der Waals surface area (Å²) in [6, 6.07) is 7.42. The smallest absolute Gasteiger partial charge is 0.305 e. The SMILES string of the molecule is CC(C)C(C)(CC(=O)O)NC(=O)CCc1nc2ccccc2o1. The van der Waals surface area contributed by atoms with Gasteiger partial charge in [-0.05, 0) is 25.0 Å². The first kappa shape index (κ1) is 17.0. The minimum Gasteiger partial charge on any atom is -0.481 e. The molecule has 0 aliphatic carbocycles.